The molecule has 0 saturated heterocycles. The van der Waals surface area contributed by atoms with Crippen LogP contribution in [0, 0.1) is 0 Å². The first-order valence-electron chi connectivity index (χ1n) is 9.99. The van der Waals surface area contributed by atoms with Crippen molar-refractivity contribution in [2.45, 2.75) is 19.4 Å². The normalized spacial score (nSPS) is 16.1. The molecule has 5 nitrogen and oxygen atoms in total. The monoisotopic (exact) mass is 379 g/mol. The second-order valence-corrected chi connectivity index (χ2v) is 8.13. The quantitative estimate of drug-likeness (QED) is 0.400. The van der Waals surface area contributed by atoms with E-state index >= 15 is 0 Å². The second-order valence-electron chi connectivity index (χ2n) is 8.13. The van der Waals surface area contributed by atoms with Gasteiger partial charge in [-0.1, -0.05) is 36.4 Å². The standard InChI is InChI=1S/C24H17N3O2/c1-26-23(28)18-16-13-8-2-3-10-15(13)25-20(16)22-17(19(18)24(26)29)14-9-4-6-12-7-5-11-27(22)21(12)14/h2-4,6,8-10,25H,5,7,11H2,1H3. The maximum absolute atomic E-state index is 13.3. The molecule has 4 heterocycles. The van der Waals surface area contributed by atoms with Gasteiger partial charge in [-0.2, -0.15) is 0 Å². The molecule has 2 aromatic heterocycles. The van der Waals surface area contributed by atoms with Crippen molar-refractivity contribution in [3.8, 4) is 0 Å². The van der Waals surface area contributed by atoms with Gasteiger partial charge in [0.25, 0.3) is 11.8 Å². The molecule has 5 heteroatoms. The number of amides is 2. The highest BCUT2D eigenvalue weighted by Crippen LogP contribution is 2.46. The van der Waals surface area contributed by atoms with E-state index in [9.17, 15) is 9.59 Å². The number of hydrogen-bond donors (Lipinski definition) is 1. The van der Waals surface area contributed by atoms with Gasteiger partial charge in [0, 0.05) is 40.7 Å². The number of carbonyl (C=O) groups is 2. The third-order valence-electron chi connectivity index (χ3n) is 6.72. The van der Waals surface area contributed by atoms with E-state index < -0.39 is 0 Å². The molecule has 2 aliphatic heterocycles. The highest BCUT2D eigenvalue weighted by molar-refractivity contribution is 6.39. The van der Waals surface area contributed by atoms with Gasteiger partial charge in [0.2, 0.25) is 0 Å². The molecule has 2 amide bonds. The van der Waals surface area contributed by atoms with Crippen LogP contribution in [0.4, 0.5) is 0 Å². The first-order chi connectivity index (χ1) is 14.2. The molecule has 0 radical (unpaired) electrons. The van der Waals surface area contributed by atoms with Crippen molar-refractivity contribution in [1.82, 2.24) is 14.5 Å². The predicted octanol–water partition coefficient (Wildman–Crippen LogP) is 4.60. The van der Waals surface area contributed by atoms with Gasteiger partial charge in [0.1, 0.15) is 0 Å². The Kier molecular flexibility index (Phi) is 2.57. The summed E-state index contributed by atoms with van der Waals surface area (Å²) in [5.74, 6) is -0.417. The Hall–Kier alpha value is -3.60. The molecule has 2 aliphatic rings. The number of para-hydroxylation sites is 2. The Labute approximate surface area is 165 Å². The van der Waals surface area contributed by atoms with Crippen LogP contribution in [0.2, 0.25) is 0 Å². The van der Waals surface area contributed by atoms with Crippen LogP contribution >= 0.6 is 0 Å². The first kappa shape index (κ1) is 15.3. The number of benzene rings is 3. The van der Waals surface area contributed by atoms with Crippen molar-refractivity contribution >= 4 is 55.4 Å². The maximum Gasteiger partial charge on any atom is 0.262 e. The number of rotatable bonds is 0. The van der Waals surface area contributed by atoms with Gasteiger partial charge in [-0.15, -0.1) is 0 Å². The number of aromatic nitrogens is 2. The Bertz CT molecular complexity index is 1580. The van der Waals surface area contributed by atoms with Gasteiger partial charge in [0.05, 0.1) is 27.7 Å². The molecular weight excluding hydrogens is 362 g/mol. The number of hydrogen-bond acceptors (Lipinski definition) is 2. The van der Waals surface area contributed by atoms with Crippen LogP contribution in [0.15, 0.2) is 42.5 Å². The Morgan fingerprint density at radius 3 is 2.48 bits per heavy atom. The maximum atomic E-state index is 13.3. The topological polar surface area (TPSA) is 58.1 Å². The molecule has 29 heavy (non-hydrogen) atoms. The molecule has 3 aromatic carbocycles. The summed E-state index contributed by atoms with van der Waals surface area (Å²) in [7, 11) is 1.58. The smallest absolute Gasteiger partial charge is 0.262 e. The highest BCUT2D eigenvalue weighted by Gasteiger charge is 2.39. The molecule has 1 N–H and O–H groups in total. The fourth-order valence-corrected chi connectivity index (χ4v) is 5.54. The number of fused-ring (bicyclic) bond motifs is 10. The lowest BCUT2D eigenvalue weighted by Crippen LogP contribution is -2.24. The molecular formula is C24H17N3O2. The van der Waals surface area contributed by atoms with Crippen molar-refractivity contribution in [2.75, 3.05) is 7.05 Å². The molecule has 0 bridgehead atoms. The van der Waals surface area contributed by atoms with Crippen LogP contribution in [-0.4, -0.2) is 33.3 Å². The fourth-order valence-electron chi connectivity index (χ4n) is 5.54. The number of imide groups is 1. The molecule has 7 rings (SSSR count). The van der Waals surface area contributed by atoms with E-state index in [1.165, 1.54) is 16.0 Å². The van der Waals surface area contributed by atoms with E-state index in [4.69, 9.17) is 0 Å². The lowest BCUT2D eigenvalue weighted by molar-refractivity contribution is 0.0694. The van der Waals surface area contributed by atoms with Crippen LogP contribution in [0.5, 0.6) is 0 Å². The molecule has 0 fully saturated rings. The molecule has 0 spiro atoms. The summed E-state index contributed by atoms with van der Waals surface area (Å²) in [6.07, 6.45) is 2.11. The van der Waals surface area contributed by atoms with E-state index in [-0.39, 0.29) is 11.8 Å². The van der Waals surface area contributed by atoms with Gasteiger partial charge in [-0.25, -0.2) is 0 Å². The fraction of sp³-hybridized carbons (Fsp3) is 0.167. The van der Waals surface area contributed by atoms with Gasteiger partial charge < -0.3 is 9.55 Å². The molecule has 5 aromatic rings. The SMILES string of the molecule is CN1C(=O)c2c(c3c4cccc5c4n(c3c3[nH]c4ccccc4c23)CCC5)C1=O. The van der Waals surface area contributed by atoms with Crippen molar-refractivity contribution in [3.05, 3.63) is 59.2 Å². The molecule has 140 valence electrons. The Morgan fingerprint density at radius 2 is 1.62 bits per heavy atom. The highest BCUT2D eigenvalue weighted by atomic mass is 16.2. The van der Waals surface area contributed by atoms with Crippen LogP contribution in [-0.2, 0) is 13.0 Å². The summed E-state index contributed by atoms with van der Waals surface area (Å²) in [4.78, 5) is 31.3. The third kappa shape index (κ3) is 1.60. The summed E-state index contributed by atoms with van der Waals surface area (Å²) >= 11 is 0. The average molecular weight is 379 g/mol. The molecule has 0 atom stereocenters. The average Bonchev–Trinajstić information content (AvgIpc) is 3.35. The van der Waals surface area contributed by atoms with E-state index in [0.29, 0.717) is 11.1 Å². The van der Waals surface area contributed by atoms with Crippen molar-refractivity contribution in [2.24, 2.45) is 0 Å². The minimum atomic E-state index is -0.214. The summed E-state index contributed by atoms with van der Waals surface area (Å²) in [6, 6.07) is 14.4. The zero-order valence-corrected chi connectivity index (χ0v) is 15.9. The Balaban J connectivity index is 1.89. The van der Waals surface area contributed by atoms with E-state index in [1.54, 1.807) is 7.05 Å². The lowest BCUT2D eigenvalue weighted by atomic mass is 9.96. The van der Waals surface area contributed by atoms with Crippen molar-refractivity contribution in [3.63, 3.8) is 0 Å². The number of H-pyrrole nitrogens is 1. The minimum absolute atomic E-state index is 0.203. The van der Waals surface area contributed by atoms with Gasteiger partial charge in [-0.3, -0.25) is 14.5 Å². The van der Waals surface area contributed by atoms with E-state index in [1.807, 2.05) is 24.3 Å². The number of carbonyl (C=O) groups excluding carboxylic acids is 2. The summed E-state index contributed by atoms with van der Waals surface area (Å²) in [5.41, 5.74) is 6.62. The zero-order valence-electron chi connectivity index (χ0n) is 15.9. The van der Waals surface area contributed by atoms with Gasteiger partial charge >= 0.3 is 0 Å². The molecule has 0 saturated carbocycles. The molecule has 0 aliphatic carbocycles. The minimum Gasteiger partial charge on any atom is -0.353 e. The molecule has 0 unspecified atom stereocenters. The van der Waals surface area contributed by atoms with Crippen molar-refractivity contribution < 1.29 is 9.59 Å². The van der Waals surface area contributed by atoms with Crippen LogP contribution in [0.1, 0.15) is 32.7 Å². The Morgan fingerprint density at radius 1 is 0.862 bits per heavy atom. The van der Waals surface area contributed by atoms with Gasteiger partial charge in [-0.05, 0) is 24.5 Å². The lowest BCUT2D eigenvalue weighted by Gasteiger charge is -2.16. The van der Waals surface area contributed by atoms with Crippen molar-refractivity contribution in [1.29, 1.82) is 0 Å². The van der Waals surface area contributed by atoms with E-state index in [0.717, 1.165) is 57.5 Å². The van der Waals surface area contributed by atoms with E-state index in [2.05, 4.69) is 27.8 Å². The summed E-state index contributed by atoms with van der Waals surface area (Å²) < 4.78 is 2.36. The zero-order chi connectivity index (χ0) is 19.4. The third-order valence-corrected chi connectivity index (χ3v) is 6.72. The summed E-state index contributed by atoms with van der Waals surface area (Å²) in [6.45, 7) is 0.915. The largest absolute Gasteiger partial charge is 0.353 e. The van der Waals surface area contributed by atoms with Crippen LogP contribution in [0.25, 0.3) is 43.6 Å². The van der Waals surface area contributed by atoms with Crippen LogP contribution in [0.3, 0.4) is 0 Å². The van der Waals surface area contributed by atoms with Gasteiger partial charge in [0.15, 0.2) is 0 Å². The number of nitrogens with one attached hydrogen (secondary N) is 1. The number of aromatic amines is 1. The number of nitrogens with zero attached hydrogens (tertiary/aromatic N) is 2. The van der Waals surface area contributed by atoms with Crippen LogP contribution < -0.4 is 0 Å². The number of aryl methyl sites for hydroxylation is 2. The first-order valence-corrected chi connectivity index (χ1v) is 9.99. The predicted molar refractivity (Wildman–Crippen MR) is 114 cm³/mol. The second kappa shape index (κ2) is 4.87. The summed E-state index contributed by atoms with van der Waals surface area (Å²) in [5, 5.41) is 3.86.